The van der Waals surface area contributed by atoms with E-state index in [2.05, 4.69) is 0 Å². The molecule has 202 valence electrons. The van der Waals surface area contributed by atoms with Gasteiger partial charge in [-0.3, -0.25) is 9.59 Å². The lowest BCUT2D eigenvalue weighted by molar-refractivity contribution is -0.441. The van der Waals surface area contributed by atoms with Crippen LogP contribution in [0.25, 0.3) is 0 Å². The molecule has 1 aliphatic heterocycles. The summed E-state index contributed by atoms with van der Waals surface area (Å²) in [5, 5.41) is -0.208. The highest BCUT2D eigenvalue weighted by molar-refractivity contribution is 6.42. The summed E-state index contributed by atoms with van der Waals surface area (Å²) in [4.78, 5) is 25.3. The van der Waals surface area contributed by atoms with E-state index in [0.717, 1.165) is 6.07 Å². The molecule has 2 aromatic rings. The Balaban J connectivity index is 2.00. The van der Waals surface area contributed by atoms with Crippen molar-refractivity contribution in [1.29, 1.82) is 0 Å². The molecule has 0 saturated carbocycles. The van der Waals surface area contributed by atoms with Crippen molar-refractivity contribution in [2.24, 2.45) is 0 Å². The molecule has 0 radical (unpaired) electrons. The Bertz CT molecular complexity index is 1260. The number of benzene rings is 2. The lowest BCUT2D eigenvalue weighted by Gasteiger charge is -2.39. The van der Waals surface area contributed by atoms with Crippen LogP contribution in [0, 0.1) is 0 Å². The van der Waals surface area contributed by atoms with Crippen LogP contribution in [0.1, 0.15) is 26.3 Å². The first-order valence-corrected chi connectivity index (χ1v) is 9.67. The smallest absolute Gasteiger partial charge is 0.268 e. The van der Waals surface area contributed by atoms with E-state index in [1.807, 2.05) is 0 Å². The van der Waals surface area contributed by atoms with Crippen molar-refractivity contribution < 1.29 is 66.7 Å². The first-order chi connectivity index (χ1) is 16.6. The second-order valence-corrected chi connectivity index (χ2v) is 7.93. The van der Waals surface area contributed by atoms with Crippen molar-refractivity contribution in [3.63, 3.8) is 0 Å². The van der Waals surface area contributed by atoms with Gasteiger partial charge in [0.05, 0.1) is 21.8 Å². The molecule has 0 aromatic heterocycles. The third-order valence-electron chi connectivity index (χ3n) is 5.29. The van der Waals surface area contributed by atoms with E-state index in [1.165, 1.54) is 12.1 Å². The van der Waals surface area contributed by atoms with Gasteiger partial charge >= 0.3 is 35.8 Å². The standard InChI is InChI=1S/C20H7ClF13NO2/c21-11-3-1-2-10-12(11)14(37)35(13(10)36)9-6-4-8(5-7-9)15(22,23)16(24,25)17(26,27)18(28,29)19(30,31)20(32,33)34/h1-7H. The number of anilines is 1. The predicted molar refractivity (Wildman–Crippen MR) is 98.8 cm³/mol. The fraction of sp³-hybridized carbons (Fsp3) is 0.300. The minimum Gasteiger partial charge on any atom is -0.268 e. The maximum Gasteiger partial charge on any atom is 0.460 e. The molecular weight excluding hydrogens is 569 g/mol. The number of carbonyl (C=O) groups is 2. The number of amides is 2. The predicted octanol–water partition coefficient (Wildman–Crippen LogP) is 7.34. The number of hydrogen-bond acceptors (Lipinski definition) is 2. The number of halogens is 14. The summed E-state index contributed by atoms with van der Waals surface area (Å²) in [6, 6.07) is 3.95. The molecule has 3 nitrogen and oxygen atoms in total. The van der Waals surface area contributed by atoms with Gasteiger partial charge in [-0.2, -0.15) is 57.1 Å². The van der Waals surface area contributed by atoms with Gasteiger partial charge in [0.1, 0.15) is 0 Å². The summed E-state index contributed by atoms with van der Waals surface area (Å²) in [7, 11) is 0. The van der Waals surface area contributed by atoms with Crippen LogP contribution in [0.3, 0.4) is 0 Å². The molecule has 2 amide bonds. The molecular formula is C20H7ClF13NO2. The van der Waals surface area contributed by atoms with Gasteiger partial charge in [-0.25, -0.2) is 4.90 Å². The fourth-order valence-electron chi connectivity index (χ4n) is 3.25. The first kappa shape index (κ1) is 28.5. The molecule has 0 saturated heterocycles. The van der Waals surface area contributed by atoms with Gasteiger partial charge in [0.25, 0.3) is 11.8 Å². The van der Waals surface area contributed by atoms with Gasteiger partial charge in [0, 0.05) is 5.56 Å². The van der Waals surface area contributed by atoms with Crippen LogP contribution < -0.4 is 4.90 Å². The Labute approximate surface area is 201 Å². The quantitative estimate of drug-likeness (QED) is 0.267. The largest absolute Gasteiger partial charge is 0.460 e. The first-order valence-electron chi connectivity index (χ1n) is 9.29. The summed E-state index contributed by atoms with van der Waals surface area (Å²) < 4.78 is 173. The molecule has 0 fully saturated rings. The molecule has 17 heteroatoms. The van der Waals surface area contributed by atoms with Crippen molar-refractivity contribution in [2.75, 3.05) is 4.90 Å². The highest BCUT2D eigenvalue weighted by Crippen LogP contribution is 2.62. The topological polar surface area (TPSA) is 37.4 Å². The fourth-order valence-corrected chi connectivity index (χ4v) is 3.50. The maximum atomic E-state index is 14.3. The van der Waals surface area contributed by atoms with Gasteiger partial charge in [0.2, 0.25) is 0 Å². The average molecular weight is 576 g/mol. The molecule has 0 aliphatic carbocycles. The summed E-state index contributed by atoms with van der Waals surface area (Å²) in [6.07, 6.45) is -7.51. The van der Waals surface area contributed by atoms with Crippen LogP contribution in [0.2, 0.25) is 5.02 Å². The Kier molecular flexibility index (Phi) is 6.35. The van der Waals surface area contributed by atoms with Gasteiger partial charge in [0.15, 0.2) is 0 Å². The molecule has 0 unspecified atom stereocenters. The zero-order chi connectivity index (χ0) is 28.6. The Morgan fingerprint density at radius 1 is 0.595 bits per heavy atom. The van der Waals surface area contributed by atoms with Crippen molar-refractivity contribution in [3.05, 3.63) is 64.2 Å². The number of carbonyl (C=O) groups excluding carboxylic acids is 2. The monoisotopic (exact) mass is 575 g/mol. The van der Waals surface area contributed by atoms with Crippen molar-refractivity contribution in [2.45, 2.75) is 35.8 Å². The van der Waals surface area contributed by atoms with E-state index >= 15 is 0 Å². The van der Waals surface area contributed by atoms with E-state index in [9.17, 15) is 66.7 Å². The molecule has 3 rings (SSSR count). The molecule has 0 N–H and O–H groups in total. The number of hydrogen-bond donors (Lipinski definition) is 0. The van der Waals surface area contributed by atoms with E-state index in [4.69, 9.17) is 11.6 Å². The van der Waals surface area contributed by atoms with Crippen molar-refractivity contribution >= 4 is 29.1 Å². The highest BCUT2D eigenvalue weighted by atomic mass is 35.5. The van der Waals surface area contributed by atoms with Gasteiger partial charge in [-0.1, -0.05) is 29.8 Å². The highest BCUT2D eigenvalue weighted by Gasteiger charge is 2.90. The summed E-state index contributed by atoms with van der Waals surface area (Å²) in [5.74, 6) is -40.0. The zero-order valence-corrected chi connectivity index (χ0v) is 17.9. The summed E-state index contributed by atoms with van der Waals surface area (Å²) in [6.45, 7) is 0. The van der Waals surface area contributed by atoms with Crippen LogP contribution in [0.5, 0.6) is 0 Å². The van der Waals surface area contributed by atoms with Gasteiger partial charge in [-0.15, -0.1) is 0 Å². The number of fused-ring (bicyclic) bond motifs is 1. The van der Waals surface area contributed by atoms with Crippen molar-refractivity contribution in [1.82, 2.24) is 0 Å². The third kappa shape index (κ3) is 3.74. The van der Waals surface area contributed by atoms with E-state index in [1.54, 1.807) is 0 Å². The Morgan fingerprint density at radius 3 is 1.54 bits per heavy atom. The minimum absolute atomic E-state index is 0.148. The van der Waals surface area contributed by atoms with Crippen LogP contribution >= 0.6 is 11.6 Å². The SMILES string of the molecule is O=C1c2cccc(Cl)c2C(=O)N1c1ccc(C(F)(F)C(F)(F)C(F)(F)C(F)(F)C(F)(F)C(F)(F)F)cc1. The van der Waals surface area contributed by atoms with Crippen LogP contribution in [-0.4, -0.2) is 41.7 Å². The molecule has 0 atom stereocenters. The Morgan fingerprint density at radius 2 is 1.08 bits per heavy atom. The number of alkyl halides is 13. The number of rotatable bonds is 6. The molecule has 0 spiro atoms. The van der Waals surface area contributed by atoms with Crippen molar-refractivity contribution in [3.8, 4) is 0 Å². The number of nitrogens with zero attached hydrogens (tertiary/aromatic N) is 1. The molecule has 37 heavy (non-hydrogen) atoms. The van der Waals surface area contributed by atoms with E-state index in [0.29, 0.717) is 17.0 Å². The maximum absolute atomic E-state index is 14.3. The second-order valence-electron chi connectivity index (χ2n) is 7.52. The number of imide groups is 1. The Hall–Kier alpha value is -3.04. The normalized spacial score (nSPS) is 15.9. The molecule has 1 aliphatic rings. The molecule has 2 aromatic carbocycles. The minimum atomic E-state index is -8.02. The second kappa shape index (κ2) is 8.23. The van der Waals surface area contributed by atoms with Gasteiger partial charge in [-0.05, 0) is 24.3 Å². The van der Waals surface area contributed by atoms with Crippen LogP contribution in [0.15, 0.2) is 42.5 Å². The van der Waals surface area contributed by atoms with Crippen LogP contribution in [0.4, 0.5) is 62.8 Å². The zero-order valence-electron chi connectivity index (χ0n) is 17.1. The lowest BCUT2D eigenvalue weighted by atomic mass is 9.90. The molecule has 0 bridgehead atoms. The average Bonchev–Trinajstić information content (AvgIpc) is 3.03. The van der Waals surface area contributed by atoms with E-state index in [-0.39, 0.29) is 28.3 Å². The molecule has 1 heterocycles. The lowest BCUT2D eigenvalue weighted by Crippen LogP contribution is -2.69. The summed E-state index contributed by atoms with van der Waals surface area (Å²) >= 11 is 5.82. The van der Waals surface area contributed by atoms with Crippen LogP contribution in [-0.2, 0) is 5.92 Å². The third-order valence-corrected chi connectivity index (χ3v) is 5.60. The summed E-state index contributed by atoms with van der Waals surface area (Å²) in [5.41, 5.74) is -3.46. The van der Waals surface area contributed by atoms with E-state index < -0.39 is 58.9 Å². The van der Waals surface area contributed by atoms with Gasteiger partial charge < -0.3 is 0 Å².